The molecule has 0 aliphatic carbocycles. The topological polar surface area (TPSA) is 71.2 Å². The van der Waals surface area contributed by atoms with Crippen LogP contribution in [0, 0.1) is 19.7 Å². The normalized spacial score (nSPS) is 12.1. The number of hydrogen-bond donors (Lipinski definition) is 2. The molecular formula is C18H19Cl2FN2O3. The lowest BCUT2D eigenvalue weighted by atomic mass is 10.1. The van der Waals surface area contributed by atoms with Gasteiger partial charge in [0.05, 0.1) is 29.9 Å². The molecule has 0 saturated carbocycles. The molecule has 1 aromatic carbocycles. The van der Waals surface area contributed by atoms with E-state index in [0.29, 0.717) is 33.1 Å². The minimum atomic E-state index is -0.579. The number of carbonyl (C=O) groups excluding carboxylic acids is 2. The quantitative estimate of drug-likeness (QED) is 0.428. The first-order chi connectivity index (χ1) is 12.2. The highest BCUT2D eigenvalue weighted by atomic mass is 35.5. The maximum Gasteiger partial charge on any atom is 0.339 e. The van der Waals surface area contributed by atoms with Gasteiger partial charge in [-0.15, -0.1) is 0 Å². The summed E-state index contributed by atoms with van der Waals surface area (Å²) in [4.78, 5) is 27.2. The third kappa shape index (κ3) is 4.09. The van der Waals surface area contributed by atoms with Crippen LogP contribution in [-0.2, 0) is 4.74 Å². The van der Waals surface area contributed by atoms with Crippen molar-refractivity contribution in [2.24, 2.45) is 0 Å². The van der Waals surface area contributed by atoms with Crippen LogP contribution in [0.15, 0.2) is 12.1 Å². The summed E-state index contributed by atoms with van der Waals surface area (Å²) in [5, 5.41) is 3.25. The Balaban J connectivity index is 2.14. The number of rotatable bonds is 6. The lowest BCUT2D eigenvalue weighted by Gasteiger charge is -2.16. The molecular weight excluding hydrogens is 382 g/mol. The van der Waals surface area contributed by atoms with Crippen LogP contribution < -0.4 is 5.32 Å². The highest BCUT2D eigenvalue weighted by molar-refractivity contribution is 6.35. The molecule has 0 bridgehead atoms. The van der Waals surface area contributed by atoms with Crippen LogP contribution in [-0.4, -0.2) is 30.4 Å². The molecule has 140 valence electrons. The molecule has 5 nitrogen and oxygen atoms in total. The number of nitrogens with one attached hydrogen (secondary N) is 2. The number of H-pyrrole nitrogens is 1. The molecule has 2 rings (SSSR count). The van der Waals surface area contributed by atoms with Crippen molar-refractivity contribution >= 4 is 35.0 Å². The maximum absolute atomic E-state index is 13.7. The van der Waals surface area contributed by atoms with Gasteiger partial charge in [-0.05, 0) is 44.0 Å². The van der Waals surface area contributed by atoms with Gasteiger partial charge in [-0.25, -0.2) is 9.18 Å². The van der Waals surface area contributed by atoms with Crippen molar-refractivity contribution in [2.45, 2.75) is 26.8 Å². The molecule has 0 radical (unpaired) electrons. The van der Waals surface area contributed by atoms with E-state index in [-0.39, 0.29) is 23.4 Å². The average Bonchev–Trinajstić information content (AvgIpc) is 2.89. The third-order valence-electron chi connectivity index (χ3n) is 4.18. The zero-order valence-electron chi connectivity index (χ0n) is 14.8. The molecule has 1 atom stereocenters. The first-order valence-electron chi connectivity index (χ1n) is 7.85. The number of aryl methyl sites for hydroxylation is 1. The van der Waals surface area contributed by atoms with Gasteiger partial charge in [0.25, 0.3) is 0 Å². The van der Waals surface area contributed by atoms with Crippen LogP contribution in [0.2, 0.25) is 10.0 Å². The van der Waals surface area contributed by atoms with E-state index in [1.165, 1.54) is 19.2 Å². The van der Waals surface area contributed by atoms with Crippen LogP contribution in [0.5, 0.6) is 0 Å². The second kappa shape index (κ2) is 8.20. The van der Waals surface area contributed by atoms with Gasteiger partial charge < -0.3 is 15.0 Å². The minimum Gasteiger partial charge on any atom is -0.465 e. The summed E-state index contributed by atoms with van der Waals surface area (Å²) in [5.41, 5.74) is 2.27. The molecule has 2 aromatic rings. The molecule has 0 saturated heterocycles. The van der Waals surface area contributed by atoms with E-state index in [4.69, 9.17) is 27.9 Å². The number of aromatic amines is 1. The maximum atomic E-state index is 13.7. The number of hydrogen-bond acceptors (Lipinski definition) is 4. The molecule has 0 unspecified atom stereocenters. The average molecular weight is 401 g/mol. The number of ether oxygens (including phenoxy) is 1. The number of methoxy groups -OCH3 is 1. The van der Waals surface area contributed by atoms with Crippen LogP contribution >= 0.6 is 23.2 Å². The van der Waals surface area contributed by atoms with Gasteiger partial charge >= 0.3 is 5.97 Å². The fraction of sp³-hybridized carbons (Fsp3) is 0.333. The summed E-state index contributed by atoms with van der Waals surface area (Å²) in [6.45, 7) is 5.11. The summed E-state index contributed by atoms with van der Waals surface area (Å²) in [5.74, 6) is -1.32. The van der Waals surface area contributed by atoms with Gasteiger partial charge in [0, 0.05) is 16.8 Å². The number of carbonyl (C=O) groups is 2. The zero-order chi connectivity index (χ0) is 19.6. The van der Waals surface area contributed by atoms with Gasteiger partial charge in [-0.1, -0.05) is 23.2 Å². The lowest BCUT2D eigenvalue weighted by Crippen LogP contribution is -2.27. The molecule has 0 amide bonds. The van der Waals surface area contributed by atoms with Gasteiger partial charge in [-0.2, -0.15) is 0 Å². The van der Waals surface area contributed by atoms with Crippen LogP contribution in [0.1, 0.15) is 50.6 Å². The fourth-order valence-corrected chi connectivity index (χ4v) is 3.30. The van der Waals surface area contributed by atoms with Crippen molar-refractivity contribution in [1.82, 2.24) is 10.3 Å². The van der Waals surface area contributed by atoms with Crippen molar-refractivity contribution in [3.05, 3.63) is 56.1 Å². The molecule has 0 aliphatic rings. The molecule has 2 N–H and O–H groups in total. The number of benzene rings is 1. The van der Waals surface area contributed by atoms with Gasteiger partial charge in [0.1, 0.15) is 5.82 Å². The number of aromatic nitrogens is 1. The van der Waals surface area contributed by atoms with Gasteiger partial charge in [-0.3, -0.25) is 4.79 Å². The van der Waals surface area contributed by atoms with Gasteiger partial charge in [0.15, 0.2) is 5.78 Å². The molecule has 0 fully saturated rings. The highest BCUT2D eigenvalue weighted by Gasteiger charge is 2.23. The van der Waals surface area contributed by atoms with E-state index >= 15 is 0 Å². The van der Waals surface area contributed by atoms with E-state index in [2.05, 4.69) is 10.3 Å². The van der Waals surface area contributed by atoms with E-state index in [9.17, 15) is 14.0 Å². The van der Waals surface area contributed by atoms with Crippen molar-refractivity contribution in [3.8, 4) is 0 Å². The highest BCUT2D eigenvalue weighted by Crippen LogP contribution is 2.28. The Bertz CT molecular complexity index is 865. The zero-order valence-corrected chi connectivity index (χ0v) is 16.3. The Hall–Kier alpha value is -1.89. The smallest absolute Gasteiger partial charge is 0.339 e. The standard InChI is InChI=1S/C18H19Cl2FN2O3/c1-8-16(18(25)26-4)10(3)23-17(8)15(24)7-22-9(2)11-5-14(21)13(20)6-12(11)19/h5-6,9,22-23H,7H2,1-4H3/t9-/m0/s1. The largest absolute Gasteiger partial charge is 0.465 e. The van der Waals surface area contributed by atoms with Gasteiger partial charge in [0.2, 0.25) is 0 Å². The Morgan fingerprint density at radius 3 is 2.54 bits per heavy atom. The summed E-state index contributed by atoms with van der Waals surface area (Å²) in [6.07, 6.45) is 0. The fourth-order valence-electron chi connectivity index (χ4n) is 2.75. The van der Waals surface area contributed by atoms with Crippen LogP contribution in [0.25, 0.3) is 0 Å². The Labute approximate surface area is 160 Å². The summed E-state index contributed by atoms with van der Waals surface area (Å²) in [6, 6.07) is 2.19. The van der Waals surface area contributed by atoms with Crippen molar-refractivity contribution in [2.75, 3.05) is 13.7 Å². The molecule has 0 aliphatic heterocycles. The van der Waals surface area contributed by atoms with E-state index in [1.54, 1.807) is 20.8 Å². The van der Waals surface area contributed by atoms with E-state index in [0.717, 1.165) is 0 Å². The third-order valence-corrected chi connectivity index (χ3v) is 4.80. The number of ketones is 1. The first kappa shape index (κ1) is 20.4. The number of Topliss-reactive ketones (excluding diaryl/α,β-unsaturated/α-hetero) is 1. The molecule has 1 aromatic heterocycles. The molecule has 26 heavy (non-hydrogen) atoms. The Morgan fingerprint density at radius 1 is 1.27 bits per heavy atom. The summed E-state index contributed by atoms with van der Waals surface area (Å²) >= 11 is 11.8. The van der Waals surface area contributed by atoms with Crippen molar-refractivity contribution in [3.63, 3.8) is 0 Å². The van der Waals surface area contributed by atoms with E-state index in [1.807, 2.05) is 0 Å². The lowest BCUT2D eigenvalue weighted by molar-refractivity contribution is 0.0599. The summed E-state index contributed by atoms with van der Waals surface area (Å²) in [7, 11) is 1.29. The predicted molar refractivity (Wildman–Crippen MR) is 98.8 cm³/mol. The monoisotopic (exact) mass is 400 g/mol. The molecule has 1 heterocycles. The molecule has 0 spiro atoms. The number of esters is 1. The predicted octanol–water partition coefficient (Wildman–Crippen LogP) is 4.40. The van der Waals surface area contributed by atoms with Crippen LogP contribution in [0.4, 0.5) is 4.39 Å². The Morgan fingerprint density at radius 2 is 1.92 bits per heavy atom. The first-order valence-corrected chi connectivity index (χ1v) is 8.61. The second-order valence-corrected chi connectivity index (χ2v) is 6.74. The SMILES string of the molecule is COC(=O)c1c(C)[nH]c(C(=O)CN[C@@H](C)c2cc(F)c(Cl)cc2Cl)c1C. The molecule has 8 heteroatoms. The minimum absolute atomic E-state index is 0.0247. The Kier molecular flexibility index (Phi) is 6.44. The number of halogens is 3. The summed E-state index contributed by atoms with van der Waals surface area (Å²) < 4.78 is 18.4. The van der Waals surface area contributed by atoms with E-state index < -0.39 is 11.8 Å². The van der Waals surface area contributed by atoms with Crippen molar-refractivity contribution in [1.29, 1.82) is 0 Å². The van der Waals surface area contributed by atoms with Crippen LogP contribution in [0.3, 0.4) is 0 Å². The second-order valence-electron chi connectivity index (χ2n) is 5.93. The van der Waals surface area contributed by atoms with Crippen molar-refractivity contribution < 1.29 is 18.7 Å².